The van der Waals surface area contributed by atoms with Gasteiger partial charge in [0.1, 0.15) is 5.65 Å². The molecule has 8 nitrogen and oxygen atoms in total. The molecule has 1 unspecified atom stereocenters. The fourth-order valence-corrected chi connectivity index (χ4v) is 3.25. The highest BCUT2D eigenvalue weighted by Crippen LogP contribution is 2.31. The Morgan fingerprint density at radius 2 is 1.93 bits per heavy atom. The Labute approximate surface area is 165 Å². The molecule has 0 spiro atoms. The third-order valence-electron chi connectivity index (χ3n) is 4.87. The van der Waals surface area contributed by atoms with Gasteiger partial charge in [-0.05, 0) is 18.6 Å². The van der Waals surface area contributed by atoms with Crippen LogP contribution in [0.3, 0.4) is 0 Å². The smallest absolute Gasteiger partial charge is 0.250 e. The Morgan fingerprint density at radius 3 is 2.69 bits per heavy atom. The van der Waals surface area contributed by atoms with Crippen molar-refractivity contribution in [2.45, 2.75) is 13.0 Å². The van der Waals surface area contributed by atoms with Crippen molar-refractivity contribution in [1.82, 2.24) is 29.9 Å². The molecule has 2 N–H and O–H groups in total. The maximum atomic E-state index is 10.6. The molecule has 144 valence electrons. The van der Waals surface area contributed by atoms with E-state index in [-0.39, 0.29) is 5.89 Å². The standard InChI is InChI=1S/C21H18N6O2/c1-12-3-5-13(6-4-12)18(28)21-26-25-20(29-21)17-10-23-19-16(17)7-14(8-22-19)15-9-24-27(2)11-15/h3-11,18,28H,1-2H3,(H,22,23). The predicted octanol–water partition coefficient (Wildman–Crippen LogP) is 3.40. The number of nitrogens with zero attached hydrogens (tertiary/aromatic N) is 5. The first-order valence-corrected chi connectivity index (χ1v) is 9.13. The fourth-order valence-electron chi connectivity index (χ4n) is 3.25. The van der Waals surface area contributed by atoms with Crippen LogP contribution in [-0.2, 0) is 7.05 Å². The maximum Gasteiger partial charge on any atom is 0.250 e. The van der Waals surface area contributed by atoms with E-state index in [1.54, 1.807) is 23.3 Å². The summed E-state index contributed by atoms with van der Waals surface area (Å²) in [5, 5.41) is 23.8. The van der Waals surface area contributed by atoms with Gasteiger partial charge in [0.25, 0.3) is 0 Å². The van der Waals surface area contributed by atoms with Gasteiger partial charge >= 0.3 is 0 Å². The van der Waals surface area contributed by atoms with Crippen LogP contribution in [0.4, 0.5) is 0 Å². The van der Waals surface area contributed by atoms with Crippen molar-refractivity contribution >= 4 is 11.0 Å². The average molecular weight is 386 g/mol. The van der Waals surface area contributed by atoms with Gasteiger partial charge in [-0.25, -0.2) is 4.98 Å². The van der Waals surface area contributed by atoms with Gasteiger partial charge < -0.3 is 14.5 Å². The van der Waals surface area contributed by atoms with E-state index in [0.717, 1.165) is 27.6 Å². The van der Waals surface area contributed by atoms with E-state index in [2.05, 4.69) is 25.3 Å². The zero-order valence-corrected chi connectivity index (χ0v) is 15.9. The van der Waals surface area contributed by atoms with Crippen molar-refractivity contribution in [3.63, 3.8) is 0 Å². The van der Waals surface area contributed by atoms with Gasteiger partial charge in [0.15, 0.2) is 6.10 Å². The molecule has 0 saturated carbocycles. The van der Waals surface area contributed by atoms with E-state index in [9.17, 15) is 5.11 Å². The molecular weight excluding hydrogens is 368 g/mol. The van der Waals surface area contributed by atoms with E-state index in [1.165, 1.54) is 0 Å². The molecule has 0 aliphatic heterocycles. The summed E-state index contributed by atoms with van der Waals surface area (Å²) in [5.41, 5.74) is 5.16. The van der Waals surface area contributed by atoms with Gasteiger partial charge in [0, 0.05) is 42.2 Å². The second-order valence-electron chi connectivity index (χ2n) is 6.98. The molecule has 0 aliphatic carbocycles. The van der Waals surface area contributed by atoms with Crippen molar-refractivity contribution in [1.29, 1.82) is 0 Å². The number of fused-ring (bicyclic) bond motifs is 1. The number of H-pyrrole nitrogens is 1. The minimum Gasteiger partial charge on any atom is -0.417 e. The molecule has 0 bridgehead atoms. The lowest BCUT2D eigenvalue weighted by Gasteiger charge is -2.06. The highest BCUT2D eigenvalue weighted by atomic mass is 16.4. The number of hydrogen-bond donors (Lipinski definition) is 2. The Morgan fingerprint density at radius 1 is 1.10 bits per heavy atom. The third-order valence-corrected chi connectivity index (χ3v) is 4.87. The van der Waals surface area contributed by atoms with E-state index in [0.29, 0.717) is 17.1 Å². The van der Waals surface area contributed by atoms with E-state index in [4.69, 9.17) is 4.42 Å². The summed E-state index contributed by atoms with van der Waals surface area (Å²) in [6, 6.07) is 9.56. The second kappa shape index (κ2) is 6.68. The number of aliphatic hydroxyl groups excluding tert-OH is 1. The molecule has 5 aromatic rings. The first-order chi connectivity index (χ1) is 14.1. The molecule has 1 atom stereocenters. The van der Waals surface area contributed by atoms with E-state index < -0.39 is 6.10 Å². The third kappa shape index (κ3) is 3.09. The molecule has 5 rings (SSSR count). The number of hydrogen-bond acceptors (Lipinski definition) is 6. The van der Waals surface area contributed by atoms with Crippen LogP contribution in [-0.4, -0.2) is 35.1 Å². The van der Waals surface area contributed by atoms with Crippen molar-refractivity contribution < 1.29 is 9.52 Å². The Balaban J connectivity index is 1.52. The number of pyridine rings is 1. The summed E-state index contributed by atoms with van der Waals surface area (Å²) in [6.45, 7) is 1.99. The Bertz CT molecular complexity index is 1300. The lowest BCUT2D eigenvalue weighted by molar-refractivity contribution is 0.183. The van der Waals surface area contributed by atoms with Crippen LogP contribution in [0.15, 0.2) is 59.5 Å². The minimum atomic E-state index is -0.980. The number of rotatable bonds is 4. The second-order valence-corrected chi connectivity index (χ2v) is 6.98. The molecule has 4 heterocycles. The lowest BCUT2D eigenvalue weighted by Crippen LogP contribution is -1.99. The van der Waals surface area contributed by atoms with Gasteiger partial charge in [-0.15, -0.1) is 10.2 Å². The topological polar surface area (TPSA) is 106 Å². The first-order valence-electron chi connectivity index (χ1n) is 9.13. The van der Waals surface area contributed by atoms with Crippen LogP contribution in [0.25, 0.3) is 33.6 Å². The fraction of sp³-hybridized carbons (Fsp3) is 0.143. The normalized spacial score (nSPS) is 12.5. The molecule has 0 amide bonds. The summed E-state index contributed by atoms with van der Waals surface area (Å²) in [5.74, 6) is 0.470. The van der Waals surface area contributed by atoms with Gasteiger partial charge in [0.05, 0.1) is 11.8 Å². The SMILES string of the molecule is Cc1ccc(C(O)c2nnc(-c3c[nH]c4ncc(-c5cnn(C)c5)cc34)o2)cc1. The predicted molar refractivity (Wildman–Crippen MR) is 107 cm³/mol. The number of aryl methyl sites for hydroxylation is 2. The quantitative estimate of drug-likeness (QED) is 0.490. The first kappa shape index (κ1) is 17.3. The summed E-state index contributed by atoms with van der Waals surface area (Å²) < 4.78 is 7.54. The Hall–Kier alpha value is -3.78. The number of aliphatic hydroxyl groups is 1. The summed E-state index contributed by atoms with van der Waals surface area (Å²) in [6.07, 6.45) is 6.31. The van der Waals surface area contributed by atoms with Gasteiger partial charge in [0.2, 0.25) is 11.8 Å². The number of aromatic nitrogens is 6. The summed E-state index contributed by atoms with van der Waals surface area (Å²) in [7, 11) is 1.87. The molecule has 0 saturated heterocycles. The summed E-state index contributed by atoms with van der Waals surface area (Å²) >= 11 is 0. The average Bonchev–Trinajstić information content (AvgIpc) is 3.46. The molecule has 29 heavy (non-hydrogen) atoms. The highest BCUT2D eigenvalue weighted by molar-refractivity contribution is 5.93. The van der Waals surface area contributed by atoms with Gasteiger partial charge in [-0.1, -0.05) is 29.8 Å². The monoisotopic (exact) mass is 386 g/mol. The summed E-state index contributed by atoms with van der Waals surface area (Å²) in [4.78, 5) is 7.60. The van der Waals surface area contributed by atoms with E-state index in [1.807, 2.05) is 50.5 Å². The molecule has 1 aromatic carbocycles. The van der Waals surface area contributed by atoms with Gasteiger partial charge in [-0.3, -0.25) is 4.68 Å². The minimum absolute atomic E-state index is 0.148. The van der Waals surface area contributed by atoms with Crippen molar-refractivity contribution in [3.8, 4) is 22.6 Å². The van der Waals surface area contributed by atoms with Crippen molar-refractivity contribution in [2.75, 3.05) is 0 Å². The Kier molecular flexibility index (Phi) is 3.99. The number of nitrogens with one attached hydrogen (secondary N) is 1. The van der Waals surface area contributed by atoms with Crippen LogP contribution < -0.4 is 0 Å². The van der Waals surface area contributed by atoms with Crippen LogP contribution in [0.5, 0.6) is 0 Å². The van der Waals surface area contributed by atoms with Crippen LogP contribution in [0.2, 0.25) is 0 Å². The molecule has 0 fully saturated rings. The van der Waals surface area contributed by atoms with Crippen LogP contribution in [0, 0.1) is 6.92 Å². The maximum absolute atomic E-state index is 10.6. The van der Waals surface area contributed by atoms with Crippen molar-refractivity contribution in [3.05, 3.63) is 72.1 Å². The van der Waals surface area contributed by atoms with Crippen molar-refractivity contribution in [2.24, 2.45) is 7.05 Å². The lowest BCUT2D eigenvalue weighted by atomic mass is 10.1. The van der Waals surface area contributed by atoms with Gasteiger partial charge in [-0.2, -0.15) is 5.10 Å². The molecule has 0 aliphatic rings. The highest BCUT2D eigenvalue weighted by Gasteiger charge is 2.20. The molecule has 8 heteroatoms. The zero-order chi connectivity index (χ0) is 20.0. The zero-order valence-electron chi connectivity index (χ0n) is 15.9. The van der Waals surface area contributed by atoms with Crippen LogP contribution >= 0.6 is 0 Å². The molecule has 0 radical (unpaired) electrons. The molecule has 4 aromatic heterocycles. The largest absolute Gasteiger partial charge is 0.417 e. The number of aromatic amines is 1. The van der Waals surface area contributed by atoms with Crippen LogP contribution in [0.1, 0.15) is 23.1 Å². The number of benzene rings is 1. The van der Waals surface area contributed by atoms with E-state index >= 15 is 0 Å². The molecular formula is C21H18N6O2.